The summed E-state index contributed by atoms with van der Waals surface area (Å²) in [6.07, 6.45) is -0.529. The molecule has 0 saturated carbocycles. The second-order valence-corrected chi connectivity index (χ2v) is 5.35. The van der Waals surface area contributed by atoms with Crippen LogP contribution < -0.4 is 0 Å². The Hall–Kier alpha value is -1.18. The number of rotatable bonds is 6. The molecule has 2 heterocycles. The van der Waals surface area contributed by atoms with E-state index in [4.69, 9.17) is 30.8 Å². The maximum Gasteiger partial charge on any atom is 0.243 e. The molecule has 110 valence electrons. The fourth-order valence-corrected chi connectivity index (χ4v) is 2.32. The predicted octanol–water partition coefficient (Wildman–Crippen LogP) is 1.02. The number of fused-ring (bicyclic) bond motifs is 1. The first kappa shape index (κ1) is 15.2. The normalized spacial score (nSPS) is 35.0. The van der Waals surface area contributed by atoms with E-state index in [1.54, 1.807) is 0 Å². The summed E-state index contributed by atoms with van der Waals surface area (Å²) in [6.45, 7) is 12.3. The van der Waals surface area contributed by atoms with Gasteiger partial charge in [0.2, 0.25) is 6.04 Å². The molecule has 2 saturated heterocycles. The van der Waals surface area contributed by atoms with Gasteiger partial charge in [-0.1, -0.05) is 0 Å². The molecule has 0 spiro atoms. The number of nitriles is 1. The lowest BCUT2D eigenvalue weighted by molar-refractivity contribution is -0.0533. The first-order chi connectivity index (χ1) is 9.65. The van der Waals surface area contributed by atoms with Gasteiger partial charge >= 0.3 is 0 Å². The van der Waals surface area contributed by atoms with Gasteiger partial charge in [0.15, 0.2) is 0 Å². The molecular weight excluding hydrogens is 260 g/mol. The Bertz CT molecular complexity index is 365. The van der Waals surface area contributed by atoms with Crippen LogP contribution >= 0.6 is 0 Å². The Morgan fingerprint density at radius 2 is 1.75 bits per heavy atom. The van der Waals surface area contributed by atoms with Crippen LogP contribution in [0.5, 0.6) is 0 Å². The van der Waals surface area contributed by atoms with Gasteiger partial charge in [-0.05, 0) is 6.92 Å². The van der Waals surface area contributed by atoms with E-state index in [0.29, 0.717) is 26.4 Å². The van der Waals surface area contributed by atoms with Gasteiger partial charge in [0, 0.05) is 6.92 Å². The highest BCUT2D eigenvalue weighted by atomic mass is 16.6. The minimum Gasteiger partial charge on any atom is -0.372 e. The third-order valence-electron chi connectivity index (χ3n) is 3.52. The van der Waals surface area contributed by atoms with E-state index in [1.165, 1.54) is 0 Å². The summed E-state index contributed by atoms with van der Waals surface area (Å²) in [4.78, 5) is 3.40. The van der Waals surface area contributed by atoms with Crippen LogP contribution in [0.2, 0.25) is 0 Å². The van der Waals surface area contributed by atoms with Crippen LogP contribution in [0.4, 0.5) is 0 Å². The van der Waals surface area contributed by atoms with Crippen LogP contribution in [0.3, 0.4) is 0 Å². The quantitative estimate of drug-likeness (QED) is 0.680. The van der Waals surface area contributed by atoms with Crippen molar-refractivity contribution < 1.29 is 18.9 Å². The van der Waals surface area contributed by atoms with E-state index in [-0.39, 0.29) is 36.4 Å². The molecule has 0 radical (unpaired) electrons. The summed E-state index contributed by atoms with van der Waals surface area (Å²) in [7, 11) is 0. The minimum atomic E-state index is -0.154. The topological polar surface area (TPSA) is 65.1 Å². The van der Waals surface area contributed by atoms with E-state index in [9.17, 15) is 0 Å². The second kappa shape index (κ2) is 7.01. The van der Waals surface area contributed by atoms with Crippen LogP contribution in [0.25, 0.3) is 4.85 Å². The molecular formula is C14H20N2O4. The third kappa shape index (κ3) is 3.47. The van der Waals surface area contributed by atoms with E-state index in [1.807, 2.05) is 13.8 Å². The van der Waals surface area contributed by atoms with Gasteiger partial charge in [0.1, 0.15) is 31.0 Å². The van der Waals surface area contributed by atoms with Crippen LogP contribution in [-0.4, -0.2) is 56.9 Å². The summed E-state index contributed by atoms with van der Waals surface area (Å²) in [5.41, 5.74) is 0. The Balaban J connectivity index is 1.79. The molecule has 2 aliphatic rings. The fourth-order valence-electron chi connectivity index (χ4n) is 2.32. The van der Waals surface area contributed by atoms with Gasteiger partial charge in [-0.15, -0.1) is 0 Å². The van der Waals surface area contributed by atoms with E-state index in [2.05, 4.69) is 10.9 Å². The summed E-state index contributed by atoms with van der Waals surface area (Å²) in [5.74, 6) is -0.137. The highest BCUT2D eigenvalue weighted by Gasteiger charge is 2.49. The van der Waals surface area contributed by atoms with Crippen LogP contribution in [0.15, 0.2) is 0 Å². The molecule has 20 heavy (non-hydrogen) atoms. The number of nitrogens with zero attached hydrogens (tertiary/aromatic N) is 2. The van der Waals surface area contributed by atoms with Crippen molar-refractivity contribution in [3.8, 4) is 6.07 Å². The first-order valence-corrected chi connectivity index (χ1v) is 6.88. The fraction of sp³-hybridized carbons (Fsp3) is 0.857. The van der Waals surface area contributed by atoms with Gasteiger partial charge in [0.25, 0.3) is 0 Å². The minimum absolute atomic E-state index is 0.129. The van der Waals surface area contributed by atoms with Crippen molar-refractivity contribution in [1.29, 1.82) is 5.26 Å². The van der Waals surface area contributed by atoms with Crippen molar-refractivity contribution in [3.63, 3.8) is 0 Å². The third-order valence-corrected chi connectivity index (χ3v) is 3.52. The molecule has 0 amide bonds. The standard InChI is InChI=1S/C14H20N2O4/c1-9(4-15)5-17-11-7-19-14-12(8-20-13(11)14)18-6-10(2)16-3/h9-14H,5-8H2,1-2H3/t9?,10?,11-,12-,13?,14?/m1/s1. The zero-order chi connectivity index (χ0) is 14.5. The Labute approximate surface area is 119 Å². The molecule has 0 aromatic carbocycles. The van der Waals surface area contributed by atoms with Crippen LogP contribution in [-0.2, 0) is 18.9 Å². The molecule has 0 aromatic rings. The van der Waals surface area contributed by atoms with Crippen molar-refractivity contribution in [2.24, 2.45) is 5.92 Å². The van der Waals surface area contributed by atoms with E-state index in [0.717, 1.165) is 0 Å². The molecule has 2 aliphatic heterocycles. The lowest BCUT2D eigenvalue weighted by Crippen LogP contribution is -2.35. The average molecular weight is 280 g/mol. The Kier molecular flexibility index (Phi) is 5.33. The van der Waals surface area contributed by atoms with Crippen molar-refractivity contribution >= 4 is 0 Å². The van der Waals surface area contributed by atoms with Gasteiger partial charge in [-0.2, -0.15) is 5.26 Å². The first-order valence-electron chi connectivity index (χ1n) is 6.88. The molecule has 0 aliphatic carbocycles. The van der Waals surface area contributed by atoms with Gasteiger partial charge in [-0.25, -0.2) is 6.57 Å². The number of hydrogen-bond donors (Lipinski definition) is 0. The van der Waals surface area contributed by atoms with Crippen LogP contribution in [0, 0.1) is 23.8 Å². The van der Waals surface area contributed by atoms with Crippen molar-refractivity contribution in [1.82, 2.24) is 0 Å². The van der Waals surface area contributed by atoms with Crippen LogP contribution in [0.1, 0.15) is 13.8 Å². The van der Waals surface area contributed by atoms with Gasteiger partial charge in [-0.3, -0.25) is 0 Å². The summed E-state index contributed by atoms with van der Waals surface area (Å²) >= 11 is 0. The average Bonchev–Trinajstić information content (AvgIpc) is 3.04. The maximum atomic E-state index is 8.75. The zero-order valence-corrected chi connectivity index (χ0v) is 11.8. The molecule has 0 N–H and O–H groups in total. The Morgan fingerprint density at radius 3 is 2.25 bits per heavy atom. The molecule has 2 rings (SSSR count). The molecule has 6 nitrogen and oxygen atoms in total. The van der Waals surface area contributed by atoms with Crippen molar-refractivity contribution in [2.75, 3.05) is 26.4 Å². The summed E-state index contributed by atoms with van der Waals surface area (Å²) in [6, 6.07) is 1.98. The molecule has 0 bridgehead atoms. The van der Waals surface area contributed by atoms with E-state index >= 15 is 0 Å². The number of ether oxygens (including phenoxy) is 4. The molecule has 2 fully saturated rings. The predicted molar refractivity (Wildman–Crippen MR) is 69.8 cm³/mol. The molecule has 4 unspecified atom stereocenters. The lowest BCUT2D eigenvalue weighted by atomic mass is 10.1. The second-order valence-electron chi connectivity index (χ2n) is 5.35. The van der Waals surface area contributed by atoms with Gasteiger partial charge < -0.3 is 23.8 Å². The summed E-state index contributed by atoms with van der Waals surface area (Å²) < 4.78 is 22.8. The molecule has 6 atom stereocenters. The van der Waals surface area contributed by atoms with Gasteiger partial charge in [0.05, 0.1) is 31.8 Å². The Morgan fingerprint density at radius 1 is 1.20 bits per heavy atom. The lowest BCUT2D eigenvalue weighted by Gasteiger charge is -2.17. The zero-order valence-electron chi connectivity index (χ0n) is 11.8. The summed E-state index contributed by atoms with van der Waals surface area (Å²) in [5, 5.41) is 8.75. The molecule has 0 aromatic heterocycles. The monoisotopic (exact) mass is 280 g/mol. The van der Waals surface area contributed by atoms with Crippen molar-refractivity contribution in [2.45, 2.75) is 44.3 Å². The SMILES string of the molecule is [C-]#[N+]C(C)CO[C@@H]1COC2C1OC[C@H]2OCC(C)C#N. The highest BCUT2D eigenvalue weighted by Crippen LogP contribution is 2.30. The smallest absolute Gasteiger partial charge is 0.243 e. The maximum absolute atomic E-state index is 8.75. The van der Waals surface area contributed by atoms with Crippen molar-refractivity contribution in [3.05, 3.63) is 11.4 Å². The largest absolute Gasteiger partial charge is 0.372 e. The van der Waals surface area contributed by atoms with E-state index < -0.39 is 0 Å². The highest BCUT2D eigenvalue weighted by molar-refractivity contribution is 4.96. The molecule has 6 heteroatoms. The number of hydrogen-bond acceptors (Lipinski definition) is 5.